The van der Waals surface area contributed by atoms with E-state index in [1.807, 2.05) is 57.3 Å². The van der Waals surface area contributed by atoms with Crippen LogP contribution in [0.4, 0.5) is 4.79 Å². The summed E-state index contributed by atoms with van der Waals surface area (Å²) in [5.41, 5.74) is 3.97. The van der Waals surface area contributed by atoms with Gasteiger partial charge in [0.15, 0.2) is 0 Å². The predicted molar refractivity (Wildman–Crippen MR) is 104 cm³/mol. The topological polar surface area (TPSA) is 55.3 Å². The van der Waals surface area contributed by atoms with Crippen molar-refractivity contribution in [1.82, 2.24) is 14.9 Å². The summed E-state index contributed by atoms with van der Waals surface area (Å²) < 4.78 is 5.66. The van der Waals surface area contributed by atoms with Crippen LogP contribution in [0, 0.1) is 6.92 Å². The molecule has 4 heterocycles. The van der Waals surface area contributed by atoms with Gasteiger partial charge in [-0.3, -0.25) is 9.97 Å². The minimum absolute atomic E-state index is 0.175. The van der Waals surface area contributed by atoms with Crippen molar-refractivity contribution in [3.05, 3.63) is 48.0 Å². The Balaban J connectivity index is 1.58. The lowest BCUT2D eigenvalue weighted by molar-refractivity contribution is 0.0213. The molecule has 0 aromatic carbocycles. The quantitative estimate of drug-likeness (QED) is 0.773. The smallest absolute Gasteiger partial charge is 0.410 e. The van der Waals surface area contributed by atoms with E-state index in [1.165, 1.54) is 5.56 Å². The summed E-state index contributed by atoms with van der Waals surface area (Å²) in [4.78, 5) is 23.5. The SMILES string of the molecule is Cc1cc(-c2cncc(C3CC4CCC3N4C(=O)OC(C)(C)C)c2)ccn1. The third kappa shape index (κ3) is 3.55. The fraction of sp³-hybridized carbons (Fsp3) is 0.500. The van der Waals surface area contributed by atoms with Crippen LogP contribution in [0.2, 0.25) is 0 Å². The third-order valence-corrected chi connectivity index (χ3v) is 5.56. The second-order valence-electron chi connectivity index (χ2n) is 8.72. The lowest BCUT2D eigenvalue weighted by atomic mass is 9.84. The van der Waals surface area contributed by atoms with Gasteiger partial charge in [-0.15, -0.1) is 0 Å². The molecular formula is C22H27N3O2. The average Bonchev–Trinajstić information content (AvgIpc) is 3.19. The van der Waals surface area contributed by atoms with Crippen molar-refractivity contribution in [2.45, 2.75) is 70.6 Å². The number of hydrogen-bond donors (Lipinski definition) is 0. The zero-order chi connectivity index (χ0) is 19.2. The first-order valence-corrected chi connectivity index (χ1v) is 9.71. The van der Waals surface area contributed by atoms with E-state index in [4.69, 9.17) is 4.74 Å². The maximum absolute atomic E-state index is 12.7. The lowest BCUT2D eigenvalue weighted by Gasteiger charge is -2.28. The van der Waals surface area contributed by atoms with Gasteiger partial charge in [-0.2, -0.15) is 0 Å². The second-order valence-corrected chi connectivity index (χ2v) is 8.72. The highest BCUT2D eigenvalue weighted by molar-refractivity contribution is 5.70. The molecule has 5 nitrogen and oxygen atoms in total. The molecule has 3 unspecified atom stereocenters. The van der Waals surface area contributed by atoms with Gasteiger partial charge in [0.05, 0.1) is 0 Å². The van der Waals surface area contributed by atoms with Crippen molar-refractivity contribution in [3.63, 3.8) is 0 Å². The van der Waals surface area contributed by atoms with Gasteiger partial charge < -0.3 is 9.64 Å². The van der Waals surface area contributed by atoms with Gasteiger partial charge in [0.1, 0.15) is 5.60 Å². The van der Waals surface area contributed by atoms with Gasteiger partial charge in [0, 0.05) is 47.8 Å². The highest BCUT2D eigenvalue weighted by Gasteiger charge is 2.50. The largest absolute Gasteiger partial charge is 0.444 e. The molecule has 2 aliphatic heterocycles. The summed E-state index contributed by atoms with van der Waals surface area (Å²) in [7, 11) is 0. The molecule has 4 rings (SSSR count). The molecule has 2 saturated heterocycles. The Hall–Kier alpha value is -2.43. The van der Waals surface area contributed by atoms with Crippen molar-refractivity contribution in [1.29, 1.82) is 0 Å². The van der Waals surface area contributed by atoms with Crippen LogP contribution in [-0.2, 0) is 4.74 Å². The number of amides is 1. The number of pyridine rings is 2. The monoisotopic (exact) mass is 365 g/mol. The Morgan fingerprint density at radius 1 is 1.19 bits per heavy atom. The van der Waals surface area contributed by atoms with E-state index < -0.39 is 5.60 Å². The minimum Gasteiger partial charge on any atom is -0.444 e. The van der Waals surface area contributed by atoms with Crippen molar-refractivity contribution >= 4 is 6.09 Å². The van der Waals surface area contributed by atoms with Crippen LogP contribution < -0.4 is 0 Å². The molecule has 0 spiro atoms. The molecule has 2 aromatic rings. The van der Waals surface area contributed by atoms with E-state index in [-0.39, 0.29) is 18.2 Å². The second kappa shape index (κ2) is 6.63. The molecule has 0 aliphatic carbocycles. The first-order valence-electron chi connectivity index (χ1n) is 9.71. The first kappa shape index (κ1) is 18.0. The van der Waals surface area contributed by atoms with Crippen LogP contribution in [0.3, 0.4) is 0 Å². The van der Waals surface area contributed by atoms with Gasteiger partial charge in [0.2, 0.25) is 0 Å². The van der Waals surface area contributed by atoms with Gasteiger partial charge in [-0.25, -0.2) is 4.79 Å². The van der Waals surface area contributed by atoms with Crippen LogP contribution in [0.1, 0.15) is 57.2 Å². The number of rotatable bonds is 2. The molecule has 2 bridgehead atoms. The van der Waals surface area contributed by atoms with Gasteiger partial charge in [0.25, 0.3) is 0 Å². The molecule has 2 aliphatic rings. The maximum atomic E-state index is 12.7. The number of aromatic nitrogens is 2. The molecule has 2 aromatic heterocycles. The summed E-state index contributed by atoms with van der Waals surface area (Å²) in [6, 6.07) is 6.80. The van der Waals surface area contributed by atoms with E-state index in [2.05, 4.69) is 22.1 Å². The van der Waals surface area contributed by atoms with Crippen molar-refractivity contribution in [2.24, 2.45) is 0 Å². The summed E-state index contributed by atoms with van der Waals surface area (Å²) in [6.07, 6.45) is 8.60. The predicted octanol–water partition coefficient (Wildman–Crippen LogP) is 4.71. The number of fused-ring (bicyclic) bond motifs is 2. The van der Waals surface area contributed by atoms with Crippen LogP contribution in [-0.4, -0.2) is 38.6 Å². The molecule has 3 atom stereocenters. The Kier molecular flexibility index (Phi) is 4.41. The summed E-state index contributed by atoms with van der Waals surface area (Å²) in [5, 5.41) is 0. The first-order chi connectivity index (χ1) is 12.8. The normalized spacial score (nSPS) is 24.3. The zero-order valence-corrected chi connectivity index (χ0v) is 16.5. The molecule has 142 valence electrons. The van der Waals surface area contributed by atoms with Crippen molar-refractivity contribution in [2.75, 3.05) is 0 Å². The van der Waals surface area contributed by atoms with Crippen LogP contribution in [0.25, 0.3) is 11.1 Å². The third-order valence-electron chi connectivity index (χ3n) is 5.56. The Labute approximate surface area is 160 Å². The molecule has 0 radical (unpaired) electrons. The Morgan fingerprint density at radius 2 is 2.00 bits per heavy atom. The summed E-state index contributed by atoms with van der Waals surface area (Å²) in [5.74, 6) is 0.326. The van der Waals surface area contributed by atoms with E-state index in [0.717, 1.165) is 36.1 Å². The lowest BCUT2D eigenvalue weighted by Crippen LogP contribution is -2.40. The van der Waals surface area contributed by atoms with E-state index in [0.29, 0.717) is 5.92 Å². The number of ether oxygens (including phenoxy) is 1. The van der Waals surface area contributed by atoms with Gasteiger partial charge in [-0.05, 0) is 76.3 Å². The molecule has 1 amide bonds. The molecule has 27 heavy (non-hydrogen) atoms. The molecular weight excluding hydrogens is 338 g/mol. The summed E-state index contributed by atoms with van der Waals surface area (Å²) >= 11 is 0. The molecule has 0 saturated carbocycles. The van der Waals surface area contributed by atoms with Crippen molar-refractivity contribution < 1.29 is 9.53 Å². The summed E-state index contributed by atoms with van der Waals surface area (Å²) in [6.45, 7) is 7.76. The Morgan fingerprint density at radius 3 is 2.74 bits per heavy atom. The van der Waals surface area contributed by atoms with Gasteiger partial charge in [-0.1, -0.05) is 0 Å². The number of carbonyl (C=O) groups excluding carboxylic acids is 1. The highest BCUT2D eigenvalue weighted by Crippen LogP contribution is 2.47. The van der Waals surface area contributed by atoms with E-state index >= 15 is 0 Å². The molecule has 5 heteroatoms. The van der Waals surface area contributed by atoms with E-state index in [9.17, 15) is 4.79 Å². The van der Waals surface area contributed by atoms with E-state index in [1.54, 1.807) is 0 Å². The maximum Gasteiger partial charge on any atom is 0.410 e. The average molecular weight is 365 g/mol. The van der Waals surface area contributed by atoms with Crippen LogP contribution in [0.5, 0.6) is 0 Å². The number of carbonyl (C=O) groups is 1. The van der Waals surface area contributed by atoms with Crippen LogP contribution in [0.15, 0.2) is 36.8 Å². The standard InChI is InChI=1S/C22H27N3O2/c1-14-9-15(7-8-24-14)16-10-17(13-23-12-16)19-11-18-5-6-20(19)25(18)21(26)27-22(2,3)4/h7-10,12-13,18-20H,5-6,11H2,1-4H3. The molecule has 0 N–H and O–H groups in total. The fourth-order valence-corrected chi connectivity index (χ4v) is 4.49. The van der Waals surface area contributed by atoms with Gasteiger partial charge >= 0.3 is 6.09 Å². The number of nitrogens with zero attached hydrogens (tertiary/aromatic N) is 3. The number of hydrogen-bond acceptors (Lipinski definition) is 4. The Bertz CT molecular complexity index is 859. The van der Waals surface area contributed by atoms with Crippen molar-refractivity contribution in [3.8, 4) is 11.1 Å². The molecule has 2 fully saturated rings. The fourth-order valence-electron chi connectivity index (χ4n) is 4.49. The number of aryl methyl sites for hydroxylation is 1. The highest BCUT2D eigenvalue weighted by atomic mass is 16.6. The van der Waals surface area contributed by atoms with Crippen LogP contribution >= 0.6 is 0 Å². The zero-order valence-electron chi connectivity index (χ0n) is 16.5. The minimum atomic E-state index is -0.463.